The van der Waals surface area contributed by atoms with Crippen LogP contribution in [0.25, 0.3) is 0 Å². The summed E-state index contributed by atoms with van der Waals surface area (Å²) in [5, 5.41) is 1.48. The molecule has 1 amide bonds. The number of amides is 1. The first kappa shape index (κ1) is 17.9. The van der Waals surface area contributed by atoms with E-state index in [0.717, 1.165) is 17.0 Å². The van der Waals surface area contributed by atoms with Crippen molar-refractivity contribution in [1.29, 1.82) is 0 Å². The Bertz CT molecular complexity index is 892. The van der Waals surface area contributed by atoms with Crippen molar-refractivity contribution in [2.75, 3.05) is 24.5 Å². The third-order valence-corrected chi connectivity index (χ3v) is 7.32. The molecule has 1 aliphatic heterocycles. The first-order valence-electron chi connectivity index (χ1n) is 8.01. The largest absolute Gasteiger partial charge is 0.366 e. The van der Waals surface area contributed by atoms with Gasteiger partial charge in [0.1, 0.15) is 0 Å². The number of anilines is 1. The standard InChI is InChI=1S/C17H21N3O3S2/c1-12-4-3-5-14(8-12)20-7-6-19(10-13(20)2)25(22,23)15-9-16(17(18)21)24-11-15/h3-5,8-9,11,13H,6-7,10H2,1-2H3,(H2,18,21)/t13-/m0/s1. The second kappa shape index (κ2) is 6.78. The number of hydrogen-bond acceptors (Lipinski definition) is 5. The Hall–Kier alpha value is -1.90. The highest BCUT2D eigenvalue weighted by molar-refractivity contribution is 7.89. The summed E-state index contributed by atoms with van der Waals surface area (Å²) in [7, 11) is -3.61. The molecule has 1 saturated heterocycles. The maximum absolute atomic E-state index is 12.8. The van der Waals surface area contributed by atoms with Gasteiger partial charge >= 0.3 is 0 Å². The van der Waals surface area contributed by atoms with Gasteiger partial charge in [-0.25, -0.2) is 8.42 Å². The summed E-state index contributed by atoms with van der Waals surface area (Å²) in [4.78, 5) is 13.8. The zero-order valence-corrected chi connectivity index (χ0v) is 15.8. The zero-order chi connectivity index (χ0) is 18.2. The van der Waals surface area contributed by atoms with Gasteiger partial charge in [0.05, 0.1) is 9.77 Å². The molecule has 6 nitrogen and oxygen atoms in total. The zero-order valence-electron chi connectivity index (χ0n) is 14.2. The van der Waals surface area contributed by atoms with E-state index in [0.29, 0.717) is 19.6 Å². The highest BCUT2D eigenvalue weighted by Gasteiger charge is 2.33. The van der Waals surface area contributed by atoms with Crippen LogP contribution < -0.4 is 10.6 Å². The van der Waals surface area contributed by atoms with Crippen LogP contribution in [-0.2, 0) is 10.0 Å². The number of aryl methyl sites for hydroxylation is 1. The van der Waals surface area contributed by atoms with Crippen molar-refractivity contribution in [3.05, 3.63) is 46.2 Å². The highest BCUT2D eigenvalue weighted by atomic mass is 32.2. The summed E-state index contributed by atoms with van der Waals surface area (Å²) in [5.41, 5.74) is 7.51. The van der Waals surface area contributed by atoms with Crippen molar-refractivity contribution >= 4 is 33.0 Å². The van der Waals surface area contributed by atoms with E-state index in [2.05, 4.69) is 11.0 Å². The minimum Gasteiger partial charge on any atom is -0.366 e. The fraction of sp³-hybridized carbons (Fsp3) is 0.353. The van der Waals surface area contributed by atoms with Gasteiger partial charge in [-0.15, -0.1) is 11.3 Å². The number of rotatable bonds is 4. The van der Waals surface area contributed by atoms with Crippen molar-refractivity contribution in [3.63, 3.8) is 0 Å². The van der Waals surface area contributed by atoms with E-state index in [1.54, 1.807) is 0 Å². The second-order valence-electron chi connectivity index (χ2n) is 6.26. The average Bonchev–Trinajstić information content (AvgIpc) is 3.05. The lowest BCUT2D eigenvalue weighted by Gasteiger charge is -2.40. The first-order chi connectivity index (χ1) is 11.8. The lowest BCUT2D eigenvalue weighted by molar-refractivity contribution is 0.100. The van der Waals surface area contributed by atoms with Crippen LogP contribution >= 0.6 is 11.3 Å². The van der Waals surface area contributed by atoms with Crippen molar-refractivity contribution in [2.45, 2.75) is 24.8 Å². The Morgan fingerprint density at radius 3 is 2.64 bits per heavy atom. The van der Waals surface area contributed by atoms with Crippen LogP contribution in [0.1, 0.15) is 22.2 Å². The number of piperazine rings is 1. The summed E-state index contributed by atoms with van der Waals surface area (Å²) >= 11 is 1.06. The molecule has 3 rings (SSSR count). The molecule has 25 heavy (non-hydrogen) atoms. The highest BCUT2D eigenvalue weighted by Crippen LogP contribution is 2.27. The molecule has 1 aromatic heterocycles. The number of primary amides is 1. The van der Waals surface area contributed by atoms with Crippen LogP contribution in [0.4, 0.5) is 5.69 Å². The van der Waals surface area contributed by atoms with Crippen molar-refractivity contribution in [2.24, 2.45) is 5.73 Å². The van der Waals surface area contributed by atoms with Crippen LogP contribution in [0.5, 0.6) is 0 Å². The van der Waals surface area contributed by atoms with Gasteiger partial charge < -0.3 is 10.6 Å². The number of carbonyl (C=O) groups is 1. The monoisotopic (exact) mass is 379 g/mol. The predicted octanol–water partition coefficient (Wildman–Crippen LogP) is 2.05. The predicted molar refractivity (Wildman–Crippen MR) is 99.6 cm³/mol. The number of nitrogens with zero attached hydrogens (tertiary/aromatic N) is 2. The van der Waals surface area contributed by atoms with E-state index in [1.807, 2.05) is 32.0 Å². The minimum atomic E-state index is -3.61. The molecule has 0 spiro atoms. The van der Waals surface area contributed by atoms with Gasteiger partial charge in [-0.1, -0.05) is 12.1 Å². The van der Waals surface area contributed by atoms with Gasteiger partial charge in [-0.05, 0) is 37.6 Å². The Balaban J connectivity index is 1.78. The van der Waals surface area contributed by atoms with Crippen molar-refractivity contribution in [3.8, 4) is 0 Å². The molecule has 0 aliphatic carbocycles. The summed E-state index contributed by atoms with van der Waals surface area (Å²) in [5.74, 6) is -0.607. The summed E-state index contributed by atoms with van der Waals surface area (Å²) in [6, 6.07) is 9.63. The van der Waals surface area contributed by atoms with Gasteiger partial charge in [0.25, 0.3) is 5.91 Å². The lowest BCUT2D eigenvalue weighted by Crippen LogP contribution is -2.53. The molecule has 0 bridgehead atoms. The minimum absolute atomic E-state index is 0.0552. The number of thiophene rings is 1. The van der Waals surface area contributed by atoms with Gasteiger partial charge in [-0.3, -0.25) is 4.79 Å². The number of nitrogens with two attached hydrogens (primary N) is 1. The molecule has 2 N–H and O–H groups in total. The van der Waals surface area contributed by atoms with Crippen LogP contribution in [-0.4, -0.2) is 44.3 Å². The summed E-state index contributed by atoms with van der Waals surface area (Å²) in [6.45, 7) is 5.49. The Morgan fingerprint density at radius 2 is 2.04 bits per heavy atom. The number of benzene rings is 1. The van der Waals surface area contributed by atoms with E-state index in [9.17, 15) is 13.2 Å². The molecule has 2 heterocycles. The molecular weight excluding hydrogens is 358 g/mol. The third-order valence-electron chi connectivity index (χ3n) is 4.38. The number of sulfonamides is 1. The SMILES string of the molecule is Cc1cccc(N2CCN(S(=O)(=O)c3csc(C(N)=O)c3)C[C@@H]2C)c1. The molecule has 0 radical (unpaired) electrons. The van der Waals surface area contributed by atoms with Crippen LogP contribution in [0.2, 0.25) is 0 Å². The van der Waals surface area contributed by atoms with Crippen LogP contribution in [0.3, 0.4) is 0 Å². The molecule has 1 aliphatic rings. The normalized spacial score (nSPS) is 19.1. The summed E-state index contributed by atoms with van der Waals surface area (Å²) < 4.78 is 27.1. The molecule has 1 fully saturated rings. The number of hydrogen-bond donors (Lipinski definition) is 1. The first-order valence-corrected chi connectivity index (χ1v) is 10.3. The molecular formula is C17H21N3O3S2. The molecule has 2 aromatic rings. The number of carbonyl (C=O) groups excluding carboxylic acids is 1. The van der Waals surface area contributed by atoms with Gasteiger partial charge in [-0.2, -0.15) is 4.31 Å². The topological polar surface area (TPSA) is 83.7 Å². The fourth-order valence-corrected chi connectivity index (χ4v) is 5.69. The van der Waals surface area contributed by atoms with E-state index >= 15 is 0 Å². The maximum Gasteiger partial charge on any atom is 0.258 e. The van der Waals surface area contributed by atoms with Crippen LogP contribution in [0.15, 0.2) is 40.6 Å². The molecule has 0 saturated carbocycles. The molecule has 1 atom stereocenters. The smallest absolute Gasteiger partial charge is 0.258 e. The third kappa shape index (κ3) is 3.56. The Morgan fingerprint density at radius 1 is 1.28 bits per heavy atom. The second-order valence-corrected chi connectivity index (χ2v) is 9.10. The van der Waals surface area contributed by atoms with Crippen molar-refractivity contribution < 1.29 is 13.2 Å². The Labute approximate surface area is 151 Å². The van der Waals surface area contributed by atoms with Crippen molar-refractivity contribution in [1.82, 2.24) is 4.31 Å². The molecule has 1 aromatic carbocycles. The fourth-order valence-electron chi connectivity index (χ4n) is 3.07. The maximum atomic E-state index is 12.8. The molecule has 0 unspecified atom stereocenters. The molecule has 134 valence electrons. The van der Waals surface area contributed by atoms with Crippen LogP contribution in [0, 0.1) is 6.92 Å². The van der Waals surface area contributed by atoms with E-state index < -0.39 is 15.9 Å². The quantitative estimate of drug-likeness (QED) is 0.881. The average molecular weight is 380 g/mol. The van der Waals surface area contributed by atoms with E-state index in [-0.39, 0.29) is 15.8 Å². The van der Waals surface area contributed by atoms with E-state index in [1.165, 1.54) is 21.3 Å². The van der Waals surface area contributed by atoms with Gasteiger partial charge in [0, 0.05) is 36.7 Å². The lowest BCUT2D eigenvalue weighted by atomic mass is 10.1. The van der Waals surface area contributed by atoms with Gasteiger partial charge in [0.15, 0.2) is 0 Å². The Kier molecular flexibility index (Phi) is 4.86. The van der Waals surface area contributed by atoms with Gasteiger partial charge in [0.2, 0.25) is 10.0 Å². The molecule has 8 heteroatoms. The van der Waals surface area contributed by atoms with E-state index in [4.69, 9.17) is 5.73 Å². The summed E-state index contributed by atoms with van der Waals surface area (Å²) in [6.07, 6.45) is 0.